The fraction of sp³-hybridized carbons (Fsp3) is 0.533. The van der Waals surface area contributed by atoms with Gasteiger partial charge in [-0.3, -0.25) is 14.6 Å². The molecule has 1 aliphatic rings. The second kappa shape index (κ2) is 7.06. The van der Waals surface area contributed by atoms with Crippen molar-refractivity contribution in [2.24, 2.45) is 11.8 Å². The first kappa shape index (κ1) is 15.3. The third-order valence-electron chi connectivity index (χ3n) is 3.91. The molecule has 0 radical (unpaired) electrons. The van der Waals surface area contributed by atoms with Crippen LogP contribution in [0, 0.1) is 18.8 Å². The van der Waals surface area contributed by atoms with Gasteiger partial charge in [0.15, 0.2) is 0 Å². The molecule has 2 rings (SSSR count). The smallest absolute Gasteiger partial charge is 0.306 e. The lowest BCUT2D eigenvalue weighted by Crippen LogP contribution is -2.33. The molecule has 1 aromatic heterocycles. The van der Waals surface area contributed by atoms with Crippen LogP contribution in [-0.4, -0.2) is 35.1 Å². The summed E-state index contributed by atoms with van der Waals surface area (Å²) in [5.41, 5.74) is 2.06. The summed E-state index contributed by atoms with van der Waals surface area (Å²) in [6, 6.07) is 1.89. The zero-order valence-corrected chi connectivity index (χ0v) is 12.1. The Morgan fingerprint density at radius 2 is 2.10 bits per heavy atom. The number of hydrogen-bond acceptors (Lipinski definition) is 4. The van der Waals surface area contributed by atoms with Crippen LogP contribution in [0.4, 0.5) is 5.69 Å². The van der Waals surface area contributed by atoms with Gasteiger partial charge in [0.1, 0.15) is 0 Å². The molecular formula is C15H21N3O3. The van der Waals surface area contributed by atoms with Crippen LogP contribution in [0.25, 0.3) is 0 Å². The summed E-state index contributed by atoms with van der Waals surface area (Å²) in [6.45, 7) is 3.12. The van der Waals surface area contributed by atoms with Gasteiger partial charge in [0.2, 0.25) is 5.91 Å². The average Bonchev–Trinajstić information content (AvgIpc) is 2.95. The standard InChI is InChI=1S/C15H21N3O3/c1-10-9-16-5-4-13(10)17-6-7-18-14(19)11-2-3-12(8-11)15(20)21/h4-5,9,11-12H,2-3,6-8H2,1H3,(H,16,17)(H,18,19)(H,20,21)/t11-,12+/m0/s1. The number of anilines is 1. The number of aliphatic carboxylic acids is 1. The summed E-state index contributed by atoms with van der Waals surface area (Å²) in [4.78, 5) is 26.8. The van der Waals surface area contributed by atoms with Gasteiger partial charge < -0.3 is 15.7 Å². The summed E-state index contributed by atoms with van der Waals surface area (Å²) in [7, 11) is 0. The molecule has 0 spiro atoms. The van der Waals surface area contributed by atoms with E-state index in [0.29, 0.717) is 32.4 Å². The van der Waals surface area contributed by atoms with Crippen molar-refractivity contribution in [1.29, 1.82) is 0 Å². The lowest BCUT2D eigenvalue weighted by atomic mass is 10.0. The first-order valence-electron chi connectivity index (χ1n) is 7.23. The topological polar surface area (TPSA) is 91.3 Å². The molecule has 1 saturated carbocycles. The van der Waals surface area contributed by atoms with E-state index >= 15 is 0 Å². The zero-order chi connectivity index (χ0) is 15.2. The molecule has 6 heteroatoms. The fourth-order valence-electron chi connectivity index (χ4n) is 2.64. The Morgan fingerprint density at radius 3 is 2.76 bits per heavy atom. The molecule has 1 amide bonds. The molecule has 114 valence electrons. The first-order valence-corrected chi connectivity index (χ1v) is 7.23. The van der Waals surface area contributed by atoms with Crippen molar-refractivity contribution >= 4 is 17.6 Å². The molecule has 0 aromatic carbocycles. The maximum absolute atomic E-state index is 11.9. The predicted octanol–water partition coefficient (Wildman–Crippen LogP) is 1.42. The monoisotopic (exact) mass is 291 g/mol. The highest BCUT2D eigenvalue weighted by atomic mass is 16.4. The second-order valence-electron chi connectivity index (χ2n) is 5.45. The number of amides is 1. The van der Waals surface area contributed by atoms with E-state index in [1.807, 2.05) is 13.0 Å². The maximum Gasteiger partial charge on any atom is 0.306 e. The first-order chi connectivity index (χ1) is 10.1. The highest BCUT2D eigenvalue weighted by Crippen LogP contribution is 2.30. The predicted molar refractivity (Wildman–Crippen MR) is 78.9 cm³/mol. The number of carboxylic acids is 1. The molecule has 1 aromatic rings. The van der Waals surface area contributed by atoms with Crippen LogP contribution >= 0.6 is 0 Å². The zero-order valence-electron chi connectivity index (χ0n) is 12.1. The van der Waals surface area contributed by atoms with Gasteiger partial charge in [-0.15, -0.1) is 0 Å². The van der Waals surface area contributed by atoms with Crippen molar-refractivity contribution < 1.29 is 14.7 Å². The summed E-state index contributed by atoms with van der Waals surface area (Å²) >= 11 is 0. The van der Waals surface area contributed by atoms with E-state index in [1.54, 1.807) is 12.4 Å². The Bertz CT molecular complexity index is 519. The Labute approximate surface area is 124 Å². The van der Waals surface area contributed by atoms with Crippen LogP contribution in [0.2, 0.25) is 0 Å². The van der Waals surface area contributed by atoms with Crippen LogP contribution in [-0.2, 0) is 9.59 Å². The van der Waals surface area contributed by atoms with Crippen molar-refractivity contribution in [1.82, 2.24) is 10.3 Å². The summed E-state index contributed by atoms with van der Waals surface area (Å²) in [6.07, 6.45) is 5.23. The molecule has 0 aliphatic heterocycles. The molecule has 6 nitrogen and oxygen atoms in total. The van der Waals surface area contributed by atoms with Crippen molar-refractivity contribution in [2.75, 3.05) is 18.4 Å². The molecule has 3 N–H and O–H groups in total. The van der Waals surface area contributed by atoms with Gasteiger partial charge in [-0.1, -0.05) is 0 Å². The number of carboxylic acid groups (broad SMARTS) is 1. The molecular weight excluding hydrogens is 270 g/mol. The quantitative estimate of drug-likeness (QED) is 0.689. The number of pyridine rings is 1. The summed E-state index contributed by atoms with van der Waals surface area (Å²) < 4.78 is 0. The average molecular weight is 291 g/mol. The van der Waals surface area contributed by atoms with E-state index in [4.69, 9.17) is 5.11 Å². The number of nitrogens with one attached hydrogen (secondary N) is 2. The van der Waals surface area contributed by atoms with E-state index in [1.165, 1.54) is 0 Å². The van der Waals surface area contributed by atoms with Crippen LogP contribution in [0.15, 0.2) is 18.5 Å². The highest BCUT2D eigenvalue weighted by Gasteiger charge is 2.33. The molecule has 2 atom stereocenters. The number of nitrogens with zero attached hydrogens (tertiary/aromatic N) is 1. The maximum atomic E-state index is 11.9. The van der Waals surface area contributed by atoms with Crippen LogP contribution in [0.1, 0.15) is 24.8 Å². The Hall–Kier alpha value is -2.11. The number of aryl methyl sites for hydroxylation is 1. The van der Waals surface area contributed by atoms with E-state index in [2.05, 4.69) is 15.6 Å². The minimum Gasteiger partial charge on any atom is -0.481 e. The third-order valence-corrected chi connectivity index (χ3v) is 3.91. The van der Waals surface area contributed by atoms with E-state index in [-0.39, 0.29) is 17.7 Å². The Kier molecular flexibility index (Phi) is 5.14. The Morgan fingerprint density at radius 1 is 1.33 bits per heavy atom. The van der Waals surface area contributed by atoms with Crippen LogP contribution < -0.4 is 10.6 Å². The molecule has 0 bridgehead atoms. The van der Waals surface area contributed by atoms with Gasteiger partial charge in [-0.2, -0.15) is 0 Å². The van der Waals surface area contributed by atoms with Crippen molar-refractivity contribution in [3.8, 4) is 0 Å². The van der Waals surface area contributed by atoms with Gasteiger partial charge in [0.05, 0.1) is 5.92 Å². The van der Waals surface area contributed by atoms with E-state index in [0.717, 1.165) is 11.3 Å². The lowest BCUT2D eigenvalue weighted by Gasteiger charge is -2.12. The number of hydrogen-bond donors (Lipinski definition) is 3. The third kappa shape index (κ3) is 4.18. The largest absolute Gasteiger partial charge is 0.481 e. The normalized spacial score (nSPS) is 21.0. The molecule has 1 fully saturated rings. The Balaban J connectivity index is 1.68. The fourth-order valence-corrected chi connectivity index (χ4v) is 2.64. The SMILES string of the molecule is Cc1cnccc1NCCNC(=O)[C@H]1CC[C@@H](C(=O)O)C1. The summed E-state index contributed by atoms with van der Waals surface area (Å²) in [5.74, 6) is -1.35. The second-order valence-corrected chi connectivity index (χ2v) is 5.45. The molecule has 21 heavy (non-hydrogen) atoms. The number of rotatable bonds is 6. The number of carbonyl (C=O) groups excluding carboxylic acids is 1. The van der Waals surface area contributed by atoms with Gasteiger partial charge in [0, 0.05) is 37.1 Å². The van der Waals surface area contributed by atoms with Gasteiger partial charge >= 0.3 is 5.97 Å². The van der Waals surface area contributed by atoms with Crippen LogP contribution in [0.5, 0.6) is 0 Å². The van der Waals surface area contributed by atoms with E-state index in [9.17, 15) is 9.59 Å². The molecule has 0 unspecified atom stereocenters. The number of carbonyl (C=O) groups is 2. The van der Waals surface area contributed by atoms with E-state index < -0.39 is 5.97 Å². The van der Waals surface area contributed by atoms with Gasteiger partial charge in [0.25, 0.3) is 0 Å². The van der Waals surface area contributed by atoms with Gasteiger partial charge in [-0.25, -0.2) is 0 Å². The number of aromatic nitrogens is 1. The molecule has 1 aliphatic carbocycles. The summed E-state index contributed by atoms with van der Waals surface area (Å²) in [5, 5.41) is 15.0. The van der Waals surface area contributed by atoms with Crippen LogP contribution in [0.3, 0.4) is 0 Å². The highest BCUT2D eigenvalue weighted by molar-refractivity contribution is 5.80. The van der Waals surface area contributed by atoms with Crippen molar-refractivity contribution in [3.05, 3.63) is 24.0 Å². The van der Waals surface area contributed by atoms with Crippen molar-refractivity contribution in [3.63, 3.8) is 0 Å². The van der Waals surface area contributed by atoms with Crippen molar-refractivity contribution in [2.45, 2.75) is 26.2 Å². The molecule has 1 heterocycles. The van der Waals surface area contributed by atoms with Gasteiger partial charge in [-0.05, 0) is 37.8 Å². The minimum absolute atomic E-state index is 0.0352. The lowest BCUT2D eigenvalue weighted by molar-refractivity contribution is -0.141. The minimum atomic E-state index is -0.792. The molecule has 0 saturated heterocycles.